The lowest BCUT2D eigenvalue weighted by atomic mass is 10.4. The van der Waals surface area contributed by atoms with E-state index in [1.165, 1.54) is 0 Å². The predicted molar refractivity (Wildman–Crippen MR) is 76.9 cm³/mol. The molecule has 0 radical (unpaired) electrons. The van der Waals surface area contributed by atoms with E-state index in [2.05, 4.69) is 13.5 Å². The maximum Gasteiger partial charge on any atom is 0.394 e. The fourth-order valence-corrected chi connectivity index (χ4v) is 4.38. The Morgan fingerprint density at radius 3 is 2.67 bits per heavy atom. The molecule has 0 saturated carbocycles. The number of hydrogen-bond acceptors (Lipinski definition) is 4. The molecule has 0 aliphatic carbocycles. The Balaban J connectivity index is 2.64. The molecule has 0 fully saturated rings. The second kappa shape index (κ2) is 8.54. The molecular formula is C13H19O3PS. The third-order valence-corrected chi connectivity index (χ3v) is 5.66. The van der Waals surface area contributed by atoms with Crippen LogP contribution in [0.1, 0.15) is 19.8 Å². The van der Waals surface area contributed by atoms with Gasteiger partial charge in [0.2, 0.25) is 0 Å². The second-order valence-corrected chi connectivity index (χ2v) is 7.58. The second-order valence-electron chi connectivity index (χ2n) is 3.62. The van der Waals surface area contributed by atoms with Crippen molar-refractivity contribution in [2.75, 3.05) is 13.2 Å². The molecule has 3 nitrogen and oxygen atoms in total. The minimum Gasteiger partial charge on any atom is -0.301 e. The molecule has 1 atom stereocenters. The van der Waals surface area contributed by atoms with Crippen LogP contribution in [0.5, 0.6) is 0 Å². The number of hydrogen-bond donors (Lipinski definition) is 0. The summed E-state index contributed by atoms with van der Waals surface area (Å²) in [5.74, 6) is 0. The maximum absolute atomic E-state index is 12.5. The van der Waals surface area contributed by atoms with Crippen LogP contribution >= 0.6 is 18.2 Å². The van der Waals surface area contributed by atoms with Crippen LogP contribution in [0.15, 0.2) is 47.9 Å². The van der Waals surface area contributed by atoms with Crippen molar-refractivity contribution in [1.82, 2.24) is 0 Å². The van der Waals surface area contributed by atoms with Crippen molar-refractivity contribution in [2.45, 2.75) is 24.7 Å². The zero-order valence-corrected chi connectivity index (χ0v) is 12.3. The predicted octanol–water partition coefficient (Wildman–Crippen LogP) is 4.91. The summed E-state index contributed by atoms with van der Waals surface area (Å²) in [5, 5.41) is 0. The molecule has 1 aromatic carbocycles. The summed E-state index contributed by atoms with van der Waals surface area (Å²) in [5.41, 5.74) is 0. The summed E-state index contributed by atoms with van der Waals surface area (Å²) in [7, 11) is 0. The Hall–Kier alpha value is -0.540. The van der Waals surface area contributed by atoms with E-state index in [-0.39, 0.29) is 6.61 Å². The van der Waals surface area contributed by atoms with Gasteiger partial charge < -0.3 is 4.52 Å². The van der Waals surface area contributed by atoms with Gasteiger partial charge in [0.05, 0.1) is 13.2 Å². The molecular weight excluding hydrogens is 267 g/mol. The lowest BCUT2D eigenvalue weighted by Gasteiger charge is -2.16. The van der Waals surface area contributed by atoms with Crippen molar-refractivity contribution in [1.29, 1.82) is 0 Å². The zero-order valence-electron chi connectivity index (χ0n) is 10.6. The van der Waals surface area contributed by atoms with Gasteiger partial charge in [-0.15, -0.1) is 6.58 Å². The highest BCUT2D eigenvalue weighted by atomic mass is 32.7. The van der Waals surface area contributed by atoms with Gasteiger partial charge in [-0.2, -0.15) is 0 Å². The fraction of sp³-hybridized carbons (Fsp3) is 0.385. The van der Waals surface area contributed by atoms with Crippen LogP contribution in [0.3, 0.4) is 0 Å². The summed E-state index contributed by atoms with van der Waals surface area (Å²) in [4.78, 5) is 0.876. The molecule has 100 valence electrons. The van der Waals surface area contributed by atoms with Gasteiger partial charge in [-0.05, 0) is 29.9 Å². The normalized spacial score (nSPS) is 14.1. The van der Waals surface area contributed by atoms with Gasteiger partial charge in [-0.3, -0.25) is 4.52 Å². The third-order valence-electron chi connectivity index (χ3n) is 2.06. The van der Waals surface area contributed by atoms with E-state index in [9.17, 15) is 4.57 Å². The van der Waals surface area contributed by atoms with Gasteiger partial charge in [0.1, 0.15) is 0 Å². The lowest BCUT2D eigenvalue weighted by Crippen LogP contribution is -1.95. The molecule has 0 aliphatic heterocycles. The molecule has 18 heavy (non-hydrogen) atoms. The number of rotatable bonds is 9. The van der Waals surface area contributed by atoms with Gasteiger partial charge in [-0.1, -0.05) is 37.6 Å². The van der Waals surface area contributed by atoms with Gasteiger partial charge in [0, 0.05) is 4.90 Å². The molecule has 0 heterocycles. The van der Waals surface area contributed by atoms with E-state index in [0.29, 0.717) is 6.61 Å². The first-order valence-corrected chi connectivity index (χ1v) is 8.91. The first kappa shape index (κ1) is 15.5. The molecule has 0 aromatic heterocycles. The van der Waals surface area contributed by atoms with E-state index < -0.39 is 6.80 Å². The lowest BCUT2D eigenvalue weighted by molar-refractivity contribution is 0.232. The molecule has 0 saturated heterocycles. The SMILES string of the molecule is C=CCOP(=O)(OCCCC)Sc1ccccc1. The molecule has 0 N–H and O–H groups in total. The first-order valence-electron chi connectivity index (χ1n) is 5.95. The van der Waals surface area contributed by atoms with E-state index in [1.807, 2.05) is 30.3 Å². The van der Waals surface area contributed by atoms with Crippen LogP contribution in [-0.4, -0.2) is 13.2 Å². The van der Waals surface area contributed by atoms with E-state index in [1.54, 1.807) is 6.08 Å². The van der Waals surface area contributed by atoms with Crippen molar-refractivity contribution in [2.24, 2.45) is 0 Å². The number of unbranched alkanes of at least 4 members (excludes halogenated alkanes) is 1. The van der Waals surface area contributed by atoms with Gasteiger partial charge in [-0.25, -0.2) is 4.57 Å². The van der Waals surface area contributed by atoms with Gasteiger partial charge in [0.15, 0.2) is 0 Å². The Morgan fingerprint density at radius 1 is 1.33 bits per heavy atom. The Labute approximate surface area is 113 Å². The van der Waals surface area contributed by atoms with Crippen LogP contribution < -0.4 is 0 Å². The summed E-state index contributed by atoms with van der Waals surface area (Å²) in [6, 6.07) is 9.48. The Morgan fingerprint density at radius 2 is 2.06 bits per heavy atom. The van der Waals surface area contributed by atoms with Crippen molar-refractivity contribution < 1.29 is 13.6 Å². The molecule has 0 spiro atoms. The highest BCUT2D eigenvalue weighted by molar-refractivity contribution is 8.55. The summed E-state index contributed by atoms with van der Waals surface area (Å²) >= 11 is 1.14. The van der Waals surface area contributed by atoms with Crippen LogP contribution in [0.4, 0.5) is 0 Å². The Kier molecular flexibility index (Phi) is 7.36. The van der Waals surface area contributed by atoms with E-state index in [0.717, 1.165) is 29.1 Å². The summed E-state index contributed by atoms with van der Waals surface area (Å²) in [6.45, 7) is 3.15. The van der Waals surface area contributed by atoms with Crippen LogP contribution in [0, 0.1) is 0 Å². The topological polar surface area (TPSA) is 35.5 Å². The standard InChI is InChI=1S/C13H19O3PS/c1-3-5-12-16-17(14,15-11-4-2)18-13-9-7-6-8-10-13/h4,6-10H,2-3,5,11-12H2,1H3. The molecule has 0 bridgehead atoms. The van der Waals surface area contributed by atoms with Crippen LogP contribution in [-0.2, 0) is 13.6 Å². The minimum atomic E-state index is -3.14. The number of benzene rings is 1. The highest BCUT2D eigenvalue weighted by Crippen LogP contribution is 2.63. The zero-order chi connectivity index (χ0) is 13.3. The largest absolute Gasteiger partial charge is 0.394 e. The third kappa shape index (κ3) is 5.87. The van der Waals surface area contributed by atoms with Crippen molar-refractivity contribution in [3.05, 3.63) is 43.0 Å². The van der Waals surface area contributed by atoms with Gasteiger partial charge >= 0.3 is 6.80 Å². The summed E-state index contributed by atoms with van der Waals surface area (Å²) < 4.78 is 23.2. The van der Waals surface area contributed by atoms with Crippen molar-refractivity contribution >= 4 is 18.2 Å². The monoisotopic (exact) mass is 286 g/mol. The maximum atomic E-state index is 12.5. The Bertz CT molecular complexity index is 394. The van der Waals surface area contributed by atoms with Crippen LogP contribution in [0.2, 0.25) is 0 Å². The average Bonchev–Trinajstić information content (AvgIpc) is 2.38. The smallest absolute Gasteiger partial charge is 0.301 e. The molecule has 0 amide bonds. The summed E-state index contributed by atoms with van der Waals surface area (Å²) in [6.07, 6.45) is 3.44. The van der Waals surface area contributed by atoms with Crippen molar-refractivity contribution in [3.63, 3.8) is 0 Å². The molecule has 0 aliphatic rings. The highest BCUT2D eigenvalue weighted by Gasteiger charge is 2.26. The molecule has 1 rings (SSSR count). The molecule has 1 aromatic rings. The first-order chi connectivity index (χ1) is 8.70. The average molecular weight is 286 g/mol. The van der Waals surface area contributed by atoms with Gasteiger partial charge in [0.25, 0.3) is 0 Å². The van der Waals surface area contributed by atoms with Crippen LogP contribution in [0.25, 0.3) is 0 Å². The van der Waals surface area contributed by atoms with E-state index in [4.69, 9.17) is 9.05 Å². The quantitative estimate of drug-likeness (QED) is 0.367. The molecule has 5 heteroatoms. The molecule has 1 unspecified atom stereocenters. The van der Waals surface area contributed by atoms with E-state index >= 15 is 0 Å². The van der Waals surface area contributed by atoms with Crippen molar-refractivity contribution in [3.8, 4) is 0 Å². The minimum absolute atomic E-state index is 0.225. The fourth-order valence-electron chi connectivity index (χ4n) is 1.17.